The molecule has 2 aliphatic carbocycles. The van der Waals surface area contributed by atoms with E-state index >= 15 is 0 Å². The van der Waals surface area contributed by atoms with Crippen LogP contribution in [0.3, 0.4) is 0 Å². The van der Waals surface area contributed by atoms with Crippen LogP contribution in [0.1, 0.15) is 31.4 Å². The second-order valence-corrected chi connectivity index (χ2v) is 7.36. The number of aromatic hydroxyl groups is 1. The molecular formula is C18H23N3O3. The molecule has 2 fully saturated rings. The number of aliphatic hydroxyl groups excluding tert-OH is 1. The van der Waals surface area contributed by atoms with Gasteiger partial charge in [-0.1, -0.05) is 0 Å². The summed E-state index contributed by atoms with van der Waals surface area (Å²) < 4.78 is 1.36. The molecule has 0 saturated heterocycles. The summed E-state index contributed by atoms with van der Waals surface area (Å²) in [6, 6.07) is 5.18. The Kier molecular flexibility index (Phi) is 3.81. The molecule has 2 heterocycles. The summed E-state index contributed by atoms with van der Waals surface area (Å²) in [4.78, 5) is 18.9. The molecule has 128 valence electrons. The number of nitrogens with zero attached hydrogens (tertiary/aromatic N) is 3. The third kappa shape index (κ3) is 2.70. The lowest BCUT2D eigenvalue weighted by Gasteiger charge is -2.25. The predicted molar refractivity (Wildman–Crippen MR) is 89.8 cm³/mol. The Bertz CT molecular complexity index is 805. The van der Waals surface area contributed by atoms with Crippen LogP contribution in [-0.2, 0) is 6.54 Å². The standard InChI is InChI=1S/C18H23N3O3/c1-20(14-5-11-7-15(22)8-12(11)6-14)10-13-9-17(24)21-4-2-3-16(23)18(21)19-13/h2-4,9,11-12,14-15,22-23H,5-8,10H2,1H3/t11-,12+,14?,15?. The SMILES string of the molecule is CN(Cc1cc(=O)n2cccc(O)c2n1)C1C[C@H]2CC(O)C[C@H]2C1. The first-order valence-corrected chi connectivity index (χ1v) is 8.60. The van der Waals surface area contributed by atoms with Crippen LogP contribution in [0, 0.1) is 11.8 Å². The monoisotopic (exact) mass is 329 g/mol. The van der Waals surface area contributed by atoms with Gasteiger partial charge in [-0.05, 0) is 56.7 Å². The first-order valence-electron chi connectivity index (χ1n) is 8.60. The van der Waals surface area contributed by atoms with Crippen LogP contribution in [0.2, 0.25) is 0 Å². The maximum Gasteiger partial charge on any atom is 0.258 e. The van der Waals surface area contributed by atoms with Crippen molar-refractivity contribution in [1.29, 1.82) is 0 Å². The lowest BCUT2D eigenvalue weighted by atomic mass is 10.0. The normalized spacial score (nSPS) is 29.5. The van der Waals surface area contributed by atoms with E-state index in [0.29, 0.717) is 35.8 Å². The van der Waals surface area contributed by atoms with Crippen molar-refractivity contribution in [3.63, 3.8) is 0 Å². The minimum atomic E-state index is -0.175. The number of aliphatic hydroxyl groups is 1. The Morgan fingerprint density at radius 1 is 1.29 bits per heavy atom. The summed E-state index contributed by atoms with van der Waals surface area (Å²) in [5.74, 6) is 1.28. The molecule has 2 aromatic heterocycles. The van der Waals surface area contributed by atoms with Crippen LogP contribution in [0.25, 0.3) is 5.65 Å². The van der Waals surface area contributed by atoms with Gasteiger partial charge in [-0.2, -0.15) is 0 Å². The van der Waals surface area contributed by atoms with Crippen molar-refractivity contribution in [2.24, 2.45) is 11.8 Å². The fraction of sp³-hybridized carbons (Fsp3) is 0.556. The van der Waals surface area contributed by atoms with Gasteiger partial charge in [0, 0.05) is 24.8 Å². The van der Waals surface area contributed by atoms with Crippen molar-refractivity contribution < 1.29 is 10.2 Å². The third-order valence-electron chi connectivity index (χ3n) is 5.72. The second kappa shape index (κ2) is 5.86. The lowest BCUT2D eigenvalue weighted by molar-refractivity contribution is 0.157. The average molecular weight is 329 g/mol. The highest BCUT2D eigenvalue weighted by Crippen LogP contribution is 2.45. The number of fused-ring (bicyclic) bond motifs is 2. The van der Waals surface area contributed by atoms with Crippen LogP contribution >= 0.6 is 0 Å². The van der Waals surface area contributed by atoms with Crippen LogP contribution < -0.4 is 5.56 Å². The molecule has 6 nitrogen and oxygen atoms in total. The van der Waals surface area contributed by atoms with Crippen LogP contribution in [0.4, 0.5) is 0 Å². The summed E-state index contributed by atoms with van der Waals surface area (Å²) in [5.41, 5.74) is 0.812. The fourth-order valence-corrected chi connectivity index (χ4v) is 4.54. The molecule has 0 aromatic carbocycles. The van der Waals surface area contributed by atoms with E-state index in [-0.39, 0.29) is 17.4 Å². The van der Waals surface area contributed by atoms with Gasteiger partial charge in [0.1, 0.15) is 0 Å². The molecular weight excluding hydrogens is 306 g/mol. The van der Waals surface area contributed by atoms with E-state index in [9.17, 15) is 15.0 Å². The minimum absolute atomic E-state index is 0.0171. The second-order valence-electron chi connectivity index (χ2n) is 7.36. The van der Waals surface area contributed by atoms with Gasteiger partial charge in [0.15, 0.2) is 11.4 Å². The molecule has 0 radical (unpaired) electrons. The van der Waals surface area contributed by atoms with Gasteiger partial charge < -0.3 is 10.2 Å². The van der Waals surface area contributed by atoms with E-state index in [2.05, 4.69) is 16.9 Å². The molecule has 2 saturated carbocycles. The third-order valence-corrected chi connectivity index (χ3v) is 5.72. The van der Waals surface area contributed by atoms with Gasteiger partial charge in [-0.15, -0.1) is 0 Å². The predicted octanol–water partition coefficient (Wildman–Crippen LogP) is 1.38. The highest BCUT2D eigenvalue weighted by molar-refractivity contribution is 5.52. The summed E-state index contributed by atoms with van der Waals surface area (Å²) >= 11 is 0. The van der Waals surface area contributed by atoms with Crippen molar-refractivity contribution >= 4 is 5.65 Å². The number of hydrogen-bond donors (Lipinski definition) is 2. The molecule has 2 aromatic rings. The summed E-state index contributed by atoms with van der Waals surface area (Å²) in [6.07, 6.45) is 5.57. The fourth-order valence-electron chi connectivity index (χ4n) is 4.54. The number of hydrogen-bond acceptors (Lipinski definition) is 5. The topological polar surface area (TPSA) is 78.1 Å². The number of pyridine rings is 1. The molecule has 0 aliphatic heterocycles. The Balaban J connectivity index is 1.52. The molecule has 4 atom stereocenters. The van der Waals surface area contributed by atoms with Gasteiger partial charge >= 0.3 is 0 Å². The zero-order chi connectivity index (χ0) is 16.8. The van der Waals surface area contributed by atoms with Gasteiger partial charge in [0.05, 0.1) is 11.8 Å². The lowest BCUT2D eigenvalue weighted by Crippen LogP contribution is -2.31. The maximum absolute atomic E-state index is 12.2. The molecule has 4 rings (SSSR count). The van der Waals surface area contributed by atoms with Crippen molar-refractivity contribution in [3.05, 3.63) is 40.4 Å². The van der Waals surface area contributed by atoms with Gasteiger partial charge in [0.25, 0.3) is 5.56 Å². The summed E-state index contributed by atoms with van der Waals surface area (Å²) in [7, 11) is 2.07. The van der Waals surface area contributed by atoms with Crippen molar-refractivity contribution in [1.82, 2.24) is 14.3 Å². The summed E-state index contributed by atoms with van der Waals surface area (Å²) in [5, 5.41) is 19.7. The van der Waals surface area contributed by atoms with Crippen LogP contribution in [0.5, 0.6) is 5.75 Å². The van der Waals surface area contributed by atoms with Crippen LogP contribution in [-0.4, -0.2) is 43.7 Å². The number of aromatic nitrogens is 2. The largest absolute Gasteiger partial charge is 0.504 e. The quantitative estimate of drug-likeness (QED) is 0.889. The zero-order valence-corrected chi connectivity index (χ0v) is 13.8. The molecule has 6 heteroatoms. The molecule has 0 spiro atoms. The van der Waals surface area contributed by atoms with E-state index < -0.39 is 0 Å². The van der Waals surface area contributed by atoms with Crippen molar-refractivity contribution in [2.45, 2.75) is 44.4 Å². The molecule has 0 bridgehead atoms. The first kappa shape index (κ1) is 15.6. The molecule has 2 aliphatic rings. The van der Waals surface area contributed by atoms with Gasteiger partial charge in [-0.3, -0.25) is 14.1 Å². The van der Waals surface area contributed by atoms with E-state index in [1.54, 1.807) is 24.4 Å². The first-order chi connectivity index (χ1) is 11.5. The highest BCUT2D eigenvalue weighted by atomic mass is 16.3. The van der Waals surface area contributed by atoms with E-state index in [0.717, 1.165) is 25.7 Å². The van der Waals surface area contributed by atoms with Crippen molar-refractivity contribution in [3.8, 4) is 5.75 Å². The zero-order valence-electron chi connectivity index (χ0n) is 13.8. The Hall–Kier alpha value is -1.92. The molecule has 2 unspecified atom stereocenters. The minimum Gasteiger partial charge on any atom is -0.504 e. The average Bonchev–Trinajstić information content (AvgIpc) is 3.06. The van der Waals surface area contributed by atoms with Crippen LogP contribution in [0.15, 0.2) is 29.2 Å². The van der Waals surface area contributed by atoms with E-state index in [1.165, 1.54) is 4.40 Å². The van der Waals surface area contributed by atoms with Gasteiger partial charge in [0.2, 0.25) is 0 Å². The molecule has 24 heavy (non-hydrogen) atoms. The highest BCUT2D eigenvalue weighted by Gasteiger charge is 2.42. The van der Waals surface area contributed by atoms with Gasteiger partial charge in [-0.25, -0.2) is 4.98 Å². The molecule has 0 amide bonds. The van der Waals surface area contributed by atoms with E-state index in [1.807, 2.05) is 0 Å². The smallest absolute Gasteiger partial charge is 0.258 e. The maximum atomic E-state index is 12.2. The Morgan fingerprint density at radius 3 is 2.71 bits per heavy atom. The van der Waals surface area contributed by atoms with Crippen molar-refractivity contribution in [2.75, 3.05) is 7.05 Å². The number of rotatable bonds is 3. The Labute approximate surface area is 140 Å². The Morgan fingerprint density at radius 2 is 2.00 bits per heavy atom. The molecule has 2 N–H and O–H groups in total. The van der Waals surface area contributed by atoms with E-state index in [4.69, 9.17) is 0 Å². The summed E-state index contributed by atoms with van der Waals surface area (Å²) in [6.45, 7) is 0.590.